The van der Waals surface area contributed by atoms with E-state index >= 15 is 0 Å². The number of nitrogens with zero attached hydrogens (tertiary/aromatic N) is 1. The van der Waals surface area contributed by atoms with E-state index in [1.807, 2.05) is 30.3 Å². The van der Waals surface area contributed by atoms with Crippen molar-refractivity contribution in [2.75, 3.05) is 32.9 Å². The normalized spacial score (nSPS) is 21.0. The maximum atomic E-state index is 13.5. The first-order valence-corrected chi connectivity index (χ1v) is 12.7. The molecule has 2 fully saturated rings. The second-order valence-electron chi connectivity index (χ2n) is 10.2. The summed E-state index contributed by atoms with van der Waals surface area (Å²) in [5, 5.41) is 0.983. The average Bonchev–Trinajstić information content (AvgIpc) is 3.16. The van der Waals surface area contributed by atoms with Crippen molar-refractivity contribution in [3.63, 3.8) is 0 Å². The van der Waals surface area contributed by atoms with Gasteiger partial charge in [-0.1, -0.05) is 35.8 Å². The molecule has 5 nitrogen and oxygen atoms in total. The Balaban J connectivity index is 1.22. The molecule has 2 aliphatic heterocycles. The summed E-state index contributed by atoms with van der Waals surface area (Å²) in [5.41, 5.74) is 4.26. The lowest BCUT2D eigenvalue weighted by Gasteiger charge is -2.41. The van der Waals surface area contributed by atoms with Crippen molar-refractivity contribution in [1.29, 1.82) is 0 Å². The molecule has 2 saturated heterocycles. The van der Waals surface area contributed by atoms with Gasteiger partial charge in [-0.3, -0.25) is 9.69 Å². The van der Waals surface area contributed by atoms with Crippen LogP contribution in [0.15, 0.2) is 40.9 Å². The summed E-state index contributed by atoms with van der Waals surface area (Å²) in [6, 6.07) is 12.7. The van der Waals surface area contributed by atoms with Crippen molar-refractivity contribution >= 4 is 32.6 Å². The first kappa shape index (κ1) is 21.4. The molecular formula is C27H29BrN2O3. The van der Waals surface area contributed by atoms with Crippen LogP contribution in [0.25, 0.3) is 10.9 Å². The number of likely N-dealkylation sites (tertiary alicyclic amines) is 1. The lowest BCUT2D eigenvalue weighted by Crippen LogP contribution is -2.52. The maximum Gasteiger partial charge on any atom is 0.195 e. The van der Waals surface area contributed by atoms with Crippen LogP contribution in [0.4, 0.5) is 0 Å². The number of ketones is 1. The van der Waals surface area contributed by atoms with Crippen LogP contribution in [0.2, 0.25) is 0 Å². The second kappa shape index (κ2) is 7.97. The Morgan fingerprint density at radius 2 is 1.94 bits per heavy atom. The smallest absolute Gasteiger partial charge is 0.195 e. The molecule has 3 heterocycles. The van der Waals surface area contributed by atoms with Crippen LogP contribution in [0.1, 0.15) is 53.9 Å². The van der Waals surface area contributed by atoms with Crippen molar-refractivity contribution in [1.82, 2.24) is 9.88 Å². The Kier molecular flexibility index (Phi) is 5.16. The predicted molar refractivity (Wildman–Crippen MR) is 132 cm³/mol. The van der Waals surface area contributed by atoms with E-state index in [-0.39, 0.29) is 11.2 Å². The molecule has 0 atom stereocenters. The largest absolute Gasteiger partial charge is 0.493 e. The standard InChI is InChI=1S/C27H29BrN2O3/c1-27(2)22-12-19(33-13-16-7-9-30(10-8-16)18-14-32-15-18)4-6-20(22)25(31)24-21-5-3-17(28)11-23(21)29-26(24)27/h3-6,11-12,16,18,29H,7-10,13-15H2,1-2H3. The number of ether oxygens (including phenoxy) is 2. The first-order chi connectivity index (χ1) is 15.9. The number of carbonyl (C=O) groups is 1. The fourth-order valence-electron chi connectivity index (χ4n) is 5.60. The van der Waals surface area contributed by atoms with E-state index in [2.05, 4.69) is 45.7 Å². The van der Waals surface area contributed by atoms with Crippen molar-refractivity contribution in [2.24, 2.45) is 5.92 Å². The Morgan fingerprint density at radius 3 is 2.67 bits per heavy atom. The Hall–Kier alpha value is -2.15. The van der Waals surface area contributed by atoms with E-state index in [1.54, 1.807) is 0 Å². The van der Waals surface area contributed by atoms with Gasteiger partial charge in [0.25, 0.3) is 0 Å². The van der Waals surface area contributed by atoms with Gasteiger partial charge in [0.15, 0.2) is 5.78 Å². The zero-order chi connectivity index (χ0) is 22.7. The molecule has 1 aromatic heterocycles. The van der Waals surface area contributed by atoms with Crippen LogP contribution in [-0.2, 0) is 10.2 Å². The molecule has 0 radical (unpaired) electrons. The van der Waals surface area contributed by atoms with Crippen molar-refractivity contribution < 1.29 is 14.3 Å². The number of carbonyl (C=O) groups excluding carboxylic acids is 1. The van der Waals surface area contributed by atoms with Gasteiger partial charge in [0.1, 0.15) is 5.75 Å². The van der Waals surface area contributed by atoms with Crippen LogP contribution in [0, 0.1) is 5.92 Å². The van der Waals surface area contributed by atoms with E-state index in [0.29, 0.717) is 12.0 Å². The molecule has 0 amide bonds. The van der Waals surface area contributed by atoms with Crippen LogP contribution in [0.5, 0.6) is 5.75 Å². The molecule has 0 bridgehead atoms. The van der Waals surface area contributed by atoms with Gasteiger partial charge < -0.3 is 14.5 Å². The molecular weight excluding hydrogens is 480 g/mol. The number of fused-ring (bicyclic) bond motifs is 4. The van der Waals surface area contributed by atoms with Crippen LogP contribution in [-0.4, -0.2) is 54.6 Å². The molecule has 172 valence electrons. The Labute approximate surface area is 202 Å². The van der Waals surface area contributed by atoms with Crippen LogP contribution in [0.3, 0.4) is 0 Å². The topological polar surface area (TPSA) is 54.6 Å². The van der Waals surface area contributed by atoms with E-state index in [1.165, 1.54) is 12.8 Å². The average molecular weight is 509 g/mol. The molecule has 3 aliphatic rings. The van der Waals surface area contributed by atoms with Gasteiger partial charge in [0, 0.05) is 32.0 Å². The monoisotopic (exact) mass is 508 g/mol. The predicted octanol–water partition coefficient (Wildman–Crippen LogP) is 5.29. The van der Waals surface area contributed by atoms with Crippen molar-refractivity contribution in [2.45, 2.75) is 38.1 Å². The molecule has 2 aromatic carbocycles. The molecule has 1 N–H and O–H groups in total. The van der Waals surface area contributed by atoms with E-state index < -0.39 is 0 Å². The van der Waals surface area contributed by atoms with Gasteiger partial charge in [-0.15, -0.1) is 0 Å². The number of aromatic nitrogens is 1. The number of aromatic amines is 1. The minimum absolute atomic E-state index is 0.0896. The third-order valence-electron chi connectivity index (χ3n) is 7.79. The molecule has 0 spiro atoms. The quantitative estimate of drug-likeness (QED) is 0.520. The van der Waals surface area contributed by atoms with Gasteiger partial charge >= 0.3 is 0 Å². The number of benzene rings is 2. The van der Waals surface area contributed by atoms with E-state index in [9.17, 15) is 4.79 Å². The zero-order valence-corrected chi connectivity index (χ0v) is 20.7. The molecule has 33 heavy (non-hydrogen) atoms. The Bertz CT molecular complexity index is 1240. The molecule has 6 rings (SSSR count). The summed E-state index contributed by atoms with van der Waals surface area (Å²) in [6.45, 7) is 9.14. The SMILES string of the molecule is CC1(C)c2cc(OCC3CCN(C4COC4)CC3)ccc2C(=O)c2c1[nH]c1cc(Br)ccc21. The van der Waals surface area contributed by atoms with Crippen molar-refractivity contribution in [3.05, 3.63) is 63.3 Å². The van der Waals surface area contributed by atoms with Crippen molar-refractivity contribution in [3.8, 4) is 5.75 Å². The number of nitrogens with one attached hydrogen (secondary N) is 1. The third kappa shape index (κ3) is 3.54. The number of H-pyrrole nitrogens is 1. The summed E-state index contributed by atoms with van der Waals surface area (Å²) in [7, 11) is 0. The number of rotatable bonds is 4. The number of hydrogen-bond donors (Lipinski definition) is 1. The van der Waals surface area contributed by atoms with Gasteiger partial charge in [0.2, 0.25) is 0 Å². The lowest BCUT2D eigenvalue weighted by molar-refractivity contribution is -0.0750. The lowest BCUT2D eigenvalue weighted by atomic mass is 9.71. The van der Waals surface area contributed by atoms with Crippen LogP contribution >= 0.6 is 15.9 Å². The van der Waals surface area contributed by atoms with Gasteiger partial charge in [-0.25, -0.2) is 0 Å². The van der Waals surface area contributed by atoms with Crippen LogP contribution < -0.4 is 4.74 Å². The van der Waals surface area contributed by atoms with E-state index in [0.717, 1.165) is 76.4 Å². The summed E-state index contributed by atoms with van der Waals surface area (Å²) in [6.07, 6.45) is 2.33. The minimum Gasteiger partial charge on any atom is -0.493 e. The molecule has 0 unspecified atom stereocenters. The summed E-state index contributed by atoms with van der Waals surface area (Å²) >= 11 is 3.54. The molecule has 0 saturated carbocycles. The maximum absolute atomic E-state index is 13.5. The fourth-order valence-corrected chi connectivity index (χ4v) is 5.97. The third-order valence-corrected chi connectivity index (χ3v) is 8.29. The highest BCUT2D eigenvalue weighted by atomic mass is 79.9. The molecule has 1 aliphatic carbocycles. The second-order valence-corrected chi connectivity index (χ2v) is 11.1. The number of halogens is 1. The number of piperidine rings is 1. The number of hydrogen-bond acceptors (Lipinski definition) is 4. The highest BCUT2D eigenvalue weighted by Gasteiger charge is 2.40. The first-order valence-electron chi connectivity index (χ1n) is 11.9. The minimum atomic E-state index is -0.320. The van der Waals surface area contributed by atoms with Gasteiger partial charge in [-0.05, 0) is 67.7 Å². The Morgan fingerprint density at radius 1 is 1.15 bits per heavy atom. The fraction of sp³-hybridized carbons (Fsp3) is 0.444. The summed E-state index contributed by atoms with van der Waals surface area (Å²) in [4.78, 5) is 19.6. The highest BCUT2D eigenvalue weighted by molar-refractivity contribution is 9.10. The summed E-state index contributed by atoms with van der Waals surface area (Å²) in [5.74, 6) is 1.52. The molecule has 6 heteroatoms. The summed E-state index contributed by atoms with van der Waals surface area (Å²) < 4.78 is 12.6. The van der Waals surface area contributed by atoms with Gasteiger partial charge in [0.05, 0.1) is 31.4 Å². The molecule has 3 aromatic rings. The van der Waals surface area contributed by atoms with Gasteiger partial charge in [-0.2, -0.15) is 0 Å². The highest BCUT2D eigenvalue weighted by Crippen LogP contribution is 2.45. The zero-order valence-electron chi connectivity index (χ0n) is 19.1. The van der Waals surface area contributed by atoms with E-state index in [4.69, 9.17) is 9.47 Å².